The number of thiazole rings is 1. The lowest BCUT2D eigenvalue weighted by molar-refractivity contribution is 0.0697. The topological polar surface area (TPSA) is 141 Å². The molecule has 1 atom stereocenters. The second-order valence-electron chi connectivity index (χ2n) is 8.37. The highest BCUT2D eigenvalue weighted by Crippen LogP contribution is 2.32. The number of piperazine rings is 1. The number of aromatic nitrogens is 1. The zero-order chi connectivity index (χ0) is 24.0. The van der Waals surface area contributed by atoms with Gasteiger partial charge < -0.3 is 21.2 Å². The summed E-state index contributed by atoms with van der Waals surface area (Å²) in [6, 6.07) is 7.11. The molecule has 1 amide bonds. The van der Waals surface area contributed by atoms with Gasteiger partial charge in [-0.3, -0.25) is 4.79 Å². The molecule has 5 rings (SSSR count). The number of oxime groups is 1. The second kappa shape index (κ2) is 8.89. The molecule has 1 unspecified atom stereocenters. The summed E-state index contributed by atoms with van der Waals surface area (Å²) in [4.78, 5) is 20.4. The number of hydrogen-bond donors (Lipinski definition) is 3. The SMILES string of the molecule is CC1Cc2nc(C(=O)N3CCN(S(=O)(=O)c4cc5ccc(/C(N)=N\O)cc5s4)CC3)sc2CN1. The van der Waals surface area contributed by atoms with Crippen molar-refractivity contribution in [3.63, 3.8) is 0 Å². The molecule has 180 valence electrons. The summed E-state index contributed by atoms with van der Waals surface area (Å²) in [7, 11) is -3.70. The lowest BCUT2D eigenvalue weighted by Gasteiger charge is -2.33. The third-order valence-electron chi connectivity index (χ3n) is 6.09. The number of amides is 1. The molecule has 34 heavy (non-hydrogen) atoms. The molecule has 2 aromatic heterocycles. The van der Waals surface area contributed by atoms with Gasteiger partial charge in [0.1, 0.15) is 4.21 Å². The summed E-state index contributed by atoms with van der Waals surface area (Å²) in [5.74, 6) is -0.172. The Kier molecular flexibility index (Phi) is 6.06. The molecule has 0 aliphatic carbocycles. The highest BCUT2D eigenvalue weighted by atomic mass is 32.2. The molecule has 2 aliphatic rings. The Labute approximate surface area is 204 Å². The fourth-order valence-electron chi connectivity index (χ4n) is 4.15. The van der Waals surface area contributed by atoms with E-state index in [0.29, 0.717) is 29.7 Å². The molecule has 0 radical (unpaired) electrons. The predicted octanol–water partition coefficient (Wildman–Crippen LogP) is 1.63. The molecular weight excluding hydrogens is 496 g/mol. The van der Waals surface area contributed by atoms with Crippen LogP contribution in [-0.2, 0) is 23.0 Å². The van der Waals surface area contributed by atoms with E-state index in [-0.39, 0.29) is 29.0 Å². The van der Waals surface area contributed by atoms with Gasteiger partial charge in [0.05, 0.1) is 5.69 Å². The Hall–Kier alpha value is -2.58. The highest BCUT2D eigenvalue weighted by Gasteiger charge is 2.33. The Morgan fingerprint density at radius 3 is 2.74 bits per heavy atom. The van der Waals surface area contributed by atoms with Crippen LogP contribution in [0.5, 0.6) is 0 Å². The average molecular weight is 521 g/mol. The van der Waals surface area contributed by atoms with E-state index < -0.39 is 10.0 Å². The van der Waals surface area contributed by atoms with E-state index in [2.05, 4.69) is 22.4 Å². The molecule has 10 nitrogen and oxygen atoms in total. The molecule has 0 saturated carbocycles. The molecule has 1 fully saturated rings. The zero-order valence-corrected chi connectivity index (χ0v) is 20.8. The average Bonchev–Trinajstić information content (AvgIpc) is 3.47. The number of fused-ring (bicyclic) bond motifs is 2. The predicted molar refractivity (Wildman–Crippen MR) is 131 cm³/mol. The van der Waals surface area contributed by atoms with Crippen molar-refractivity contribution in [2.75, 3.05) is 26.2 Å². The van der Waals surface area contributed by atoms with Gasteiger partial charge in [-0.2, -0.15) is 4.31 Å². The van der Waals surface area contributed by atoms with Crippen molar-refractivity contribution in [2.45, 2.75) is 30.1 Å². The van der Waals surface area contributed by atoms with Gasteiger partial charge in [0.2, 0.25) is 0 Å². The van der Waals surface area contributed by atoms with Gasteiger partial charge in [-0.15, -0.1) is 22.7 Å². The van der Waals surface area contributed by atoms with Crippen LogP contribution in [0, 0.1) is 0 Å². The maximum atomic E-state index is 13.3. The number of carbonyl (C=O) groups excluding carboxylic acids is 1. The normalized spacial score (nSPS) is 20.0. The lowest BCUT2D eigenvalue weighted by atomic mass is 10.1. The second-order valence-corrected chi connectivity index (χ2v) is 12.7. The van der Waals surface area contributed by atoms with Crippen LogP contribution in [0.15, 0.2) is 33.6 Å². The summed E-state index contributed by atoms with van der Waals surface area (Å²) >= 11 is 2.56. The number of nitrogens with one attached hydrogen (secondary N) is 1. The molecule has 1 aromatic carbocycles. The third kappa shape index (κ3) is 4.18. The van der Waals surface area contributed by atoms with Gasteiger partial charge in [-0.05, 0) is 24.4 Å². The van der Waals surface area contributed by atoms with E-state index in [1.165, 1.54) is 15.6 Å². The number of nitrogens with zero attached hydrogens (tertiary/aromatic N) is 4. The van der Waals surface area contributed by atoms with Crippen molar-refractivity contribution < 1.29 is 18.4 Å². The number of nitrogens with two attached hydrogens (primary N) is 1. The Morgan fingerprint density at radius 2 is 2.00 bits per heavy atom. The largest absolute Gasteiger partial charge is 0.409 e. The number of hydrogen-bond acceptors (Lipinski definition) is 9. The van der Waals surface area contributed by atoms with E-state index in [4.69, 9.17) is 10.9 Å². The summed E-state index contributed by atoms with van der Waals surface area (Å²) in [5.41, 5.74) is 7.15. The number of rotatable bonds is 4. The van der Waals surface area contributed by atoms with Crippen molar-refractivity contribution in [3.05, 3.63) is 45.4 Å². The van der Waals surface area contributed by atoms with E-state index in [9.17, 15) is 13.2 Å². The van der Waals surface area contributed by atoms with Gasteiger partial charge >= 0.3 is 0 Å². The van der Waals surface area contributed by atoms with Crippen LogP contribution >= 0.6 is 22.7 Å². The minimum Gasteiger partial charge on any atom is -0.409 e. The first kappa shape index (κ1) is 23.2. The smallest absolute Gasteiger partial charge is 0.282 e. The van der Waals surface area contributed by atoms with Gasteiger partial charge in [0.25, 0.3) is 15.9 Å². The maximum Gasteiger partial charge on any atom is 0.282 e. The van der Waals surface area contributed by atoms with Gasteiger partial charge in [0, 0.05) is 60.3 Å². The summed E-state index contributed by atoms with van der Waals surface area (Å²) in [6.07, 6.45) is 0.807. The minimum absolute atomic E-state index is 0.0349. The van der Waals surface area contributed by atoms with Crippen LogP contribution in [-0.4, -0.2) is 71.8 Å². The summed E-state index contributed by atoms with van der Waals surface area (Å²) in [5, 5.41) is 16.5. The monoisotopic (exact) mass is 520 g/mol. The first-order chi connectivity index (χ1) is 16.3. The van der Waals surface area contributed by atoms with Crippen LogP contribution in [0.4, 0.5) is 0 Å². The van der Waals surface area contributed by atoms with E-state index in [1.807, 2.05) is 0 Å². The molecule has 4 heterocycles. The Morgan fingerprint density at radius 1 is 1.24 bits per heavy atom. The molecule has 0 spiro atoms. The van der Waals surface area contributed by atoms with Gasteiger partial charge in [0.15, 0.2) is 10.8 Å². The molecular formula is C21H24N6O4S3. The van der Waals surface area contributed by atoms with Gasteiger partial charge in [-0.25, -0.2) is 13.4 Å². The summed E-state index contributed by atoms with van der Waals surface area (Å²) < 4.78 is 28.9. The lowest BCUT2D eigenvalue weighted by Crippen LogP contribution is -2.50. The van der Waals surface area contributed by atoms with Crippen LogP contribution in [0.1, 0.15) is 32.9 Å². The maximum absolute atomic E-state index is 13.3. The van der Waals surface area contributed by atoms with E-state index in [0.717, 1.165) is 45.0 Å². The molecule has 0 bridgehead atoms. The van der Waals surface area contributed by atoms with Crippen LogP contribution < -0.4 is 11.1 Å². The van der Waals surface area contributed by atoms with Crippen LogP contribution in [0.3, 0.4) is 0 Å². The van der Waals surface area contributed by atoms with Crippen molar-refractivity contribution in [3.8, 4) is 0 Å². The van der Waals surface area contributed by atoms with Crippen molar-refractivity contribution in [1.29, 1.82) is 0 Å². The van der Waals surface area contributed by atoms with E-state index in [1.54, 1.807) is 29.2 Å². The van der Waals surface area contributed by atoms with Gasteiger partial charge in [-0.1, -0.05) is 17.3 Å². The number of sulfonamides is 1. The van der Waals surface area contributed by atoms with Crippen LogP contribution in [0.25, 0.3) is 10.1 Å². The highest BCUT2D eigenvalue weighted by molar-refractivity contribution is 7.91. The van der Waals surface area contributed by atoms with Crippen molar-refractivity contribution in [2.24, 2.45) is 10.9 Å². The third-order valence-corrected chi connectivity index (χ3v) is 10.6. The van der Waals surface area contributed by atoms with Crippen molar-refractivity contribution >= 4 is 54.5 Å². The number of benzene rings is 1. The summed E-state index contributed by atoms with van der Waals surface area (Å²) in [6.45, 7) is 3.90. The number of amidine groups is 1. The van der Waals surface area contributed by atoms with Crippen LogP contribution in [0.2, 0.25) is 0 Å². The van der Waals surface area contributed by atoms with E-state index >= 15 is 0 Å². The molecule has 1 saturated heterocycles. The fraction of sp³-hybridized carbons (Fsp3) is 0.381. The molecule has 2 aliphatic heterocycles. The van der Waals surface area contributed by atoms with Crippen molar-refractivity contribution in [1.82, 2.24) is 19.5 Å². The Balaban J connectivity index is 1.29. The minimum atomic E-state index is -3.70. The fourth-order valence-corrected chi connectivity index (χ4v) is 8.17. The first-order valence-electron chi connectivity index (χ1n) is 10.8. The molecule has 4 N–H and O–H groups in total. The number of thiophene rings is 1. The molecule has 3 aromatic rings. The Bertz CT molecular complexity index is 1390. The first-order valence-corrected chi connectivity index (χ1v) is 13.9. The zero-order valence-electron chi connectivity index (χ0n) is 18.4. The number of carbonyl (C=O) groups is 1. The standard InChI is InChI=1S/C21H24N6O4S3/c1-12-8-15-17(11-23-12)33-20(24-15)21(28)26-4-6-27(7-5-26)34(30,31)18-10-13-2-3-14(19(22)25-29)9-16(13)32-18/h2-3,9-10,12,23,29H,4-8,11H2,1H3,(H2,22,25). The molecule has 13 heteroatoms. The quantitative estimate of drug-likeness (QED) is 0.205.